The van der Waals surface area contributed by atoms with E-state index in [1.807, 2.05) is 0 Å². The first-order valence-electron chi connectivity index (χ1n) is 8.15. The molecule has 0 atom stereocenters. The molecule has 2 aromatic carbocycles. The molecule has 0 spiro atoms. The number of benzene rings is 2. The van der Waals surface area contributed by atoms with Gasteiger partial charge in [-0.1, -0.05) is 0 Å². The van der Waals surface area contributed by atoms with Crippen molar-refractivity contribution in [3.8, 4) is 23.0 Å². The summed E-state index contributed by atoms with van der Waals surface area (Å²) in [5.41, 5.74) is 0.638. The highest BCUT2D eigenvalue weighted by molar-refractivity contribution is 9.11. The van der Waals surface area contributed by atoms with Crippen LogP contribution in [0.3, 0.4) is 0 Å². The van der Waals surface area contributed by atoms with Crippen LogP contribution in [0.25, 0.3) is 0 Å². The molecule has 0 aliphatic carbocycles. The Morgan fingerprint density at radius 3 is 1.79 bits per heavy atom. The van der Waals surface area contributed by atoms with Gasteiger partial charge in [0, 0.05) is 5.69 Å². The zero-order valence-corrected chi connectivity index (χ0v) is 19.3. The van der Waals surface area contributed by atoms with Gasteiger partial charge in [0.15, 0.2) is 18.1 Å². The van der Waals surface area contributed by atoms with Crippen LogP contribution in [-0.4, -0.2) is 46.9 Å². The lowest BCUT2D eigenvalue weighted by Gasteiger charge is -2.18. The summed E-state index contributed by atoms with van der Waals surface area (Å²) in [5.74, 6) is 0.203. The molecule has 0 unspecified atom stereocenters. The van der Waals surface area contributed by atoms with E-state index in [2.05, 4.69) is 37.2 Å². The summed E-state index contributed by atoms with van der Waals surface area (Å²) in [7, 11) is 5.84. The number of nitrogens with one attached hydrogen (secondary N) is 1. The monoisotopic (exact) mass is 531 g/mol. The molecule has 0 bridgehead atoms. The first-order valence-corrected chi connectivity index (χ1v) is 9.74. The van der Waals surface area contributed by atoms with Gasteiger partial charge in [-0.3, -0.25) is 4.79 Å². The lowest BCUT2D eigenvalue weighted by Crippen LogP contribution is -2.21. The van der Waals surface area contributed by atoms with Gasteiger partial charge in [0.05, 0.1) is 42.9 Å². The standard InChI is InChI=1S/C19H19Br2NO7/c1-25-11-7-5-10(6-8-11)22-12(23)9-29-19(24)13-14(20)16(26-2)18(28-4)17(27-3)15(13)21/h5-8H,9H2,1-4H3,(H,22,23). The van der Waals surface area contributed by atoms with E-state index in [1.165, 1.54) is 21.3 Å². The van der Waals surface area contributed by atoms with Gasteiger partial charge in [-0.05, 0) is 56.1 Å². The molecule has 2 aromatic rings. The number of amides is 1. The van der Waals surface area contributed by atoms with Gasteiger partial charge >= 0.3 is 5.97 Å². The zero-order chi connectivity index (χ0) is 21.6. The highest BCUT2D eigenvalue weighted by Gasteiger charge is 2.29. The highest BCUT2D eigenvalue weighted by atomic mass is 79.9. The molecule has 1 N–H and O–H groups in total. The topological polar surface area (TPSA) is 92.3 Å². The van der Waals surface area contributed by atoms with E-state index < -0.39 is 18.5 Å². The number of anilines is 1. The second-order valence-corrected chi connectivity index (χ2v) is 7.04. The van der Waals surface area contributed by atoms with Gasteiger partial charge < -0.3 is 29.0 Å². The van der Waals surface area contributed by atoms with Crippen molar-refractivity contribution in [3.63, 3.8) is 0 Å². The van der Waals surface area contributed by atoms with Crippen molar-refractivity contribution < 1.29 is 33.3 Å². The van der Waals surface area contributed by atoms with E-state index in [-0.39, 0.29) is 17.1 Å². The number of rotatable bonds is 8. The predicted octanol–water partition coefficient (Wildman–Crippen LogP) is 4.04. The van der Waals surface area contributed by atoms with Crippen LogP contribution in [-0.2, 0) is 9.53 Å². The minimum absolute atomic E-state index is 0.0942. The SMILES string of the molecule is COc1ccc(NC(=O)COC(=O)c2c(Br)c(OC)c(OC)c(OC)c2Br)cc1. The molecule has 0 fully saturated rings. The van der Waals surface area contributed by atoms with Crippen LogP contribution in [0, 0.1) is 0 Å². The third-order valence-electron chi connectivity index (χ3n) is 3.77. The Labute approximate surface area is 184 Å². The van der Waals surface area contributed by atoms with Crippen LogP contribution >= 0.6 is 31.9 Å². The molecule has 10 heteroatoms. The molecule has 0 radical (unpaired) electrons. The third-order valence-corrected chi connectivity index (χ3v) is 5.29. The summed E-state index contributed by atoms with van der Waals surface area (Å²) in [6.45, 7) is -0.486. The first-order chi connectivity index (χ1) is 13.9. The Morgan fingerprint density at radius 1 is 0.828 bits per heavy atom. The Morgan fingerprint density at radius 2 is 1.34 bits per heavy atom. The number of ether oxygens (including phenoxy) is 5. The van der Waals surface area contributed by atoms with Crippen molar-refractivity contribution in [1.29, 1.82) is 0 Å². The fourth-order valence-corrected chi connectivity index (χ4v) is 4.10. The molecule has 156 valence electrons. The largest absolute Gasteiger partial charge is 0.497 e. The average Bonchev–Trinajstić information content (AvgIpc) is 2.72. The Hall–Kier alpha value is -2.46. The molecule has 0 saturated carbocycles. The van der Waals surface area contributed by atoms with Crippen LogP contribution in [0.1, 0.15) is 10.4 Å². The minimum Gasteiger partial charge on any atom is -0.497 e. The molecule has 0 saturated heterocycles. The predicted molar refractivity (Wildman–Crippen MR) is 113 cm³/mol. The maximum Gasteiger partial charge on any atom is 0.341 e. The van der Waals surface area contributed by atoms with Crippen LogP contribution in [0.2, 0.25) is 0 Å². The Balaban J connectivity index is 2.16. The van der Waals surface area contributed by atoms with Crippen LogP contribution < -0.4 is 24.3 Å². The number of methoxy groups -OCH3 is 4. The van der Waals surface area contributed by atoms with Gasteiger partial charge in [-0.2, -0.15) is 0 Å². The first kappa shape index (κ1) is 22.8. The Bertz CT molecular complexity index is 869. The van der Waals surface area contributed by atoms with Crippen molar-refractivity contribution >= 4 is 49.4 Å². The summed E-state index contributed by atoms with van der Waals surface area (Å²) in [4.78, 5) is 24.7. The molecule has 0 aliphatic heterocycles. The molecule has 8 nitrogen and oxygen atoms in total. The lowest BCUT2D eigenvalue weighted by atomic mass is 10.2. The number of carbonyl (C=O) groups is 2. The number of halogens is 2. The molecular weight excluding hydrogens is 514 g/mol. The maximum absolute atomic E-state index is 12.6. The van der Waals surface area contributed by atoms with E-state index in [4.69, 9.17) is 23.7 Å². The highest BCUT2D eigenvalue weighted by Crippen LogP contribution is 2.50. The minimum atomic E-state index is -0.757. The molecular formula is C19H19Br2NO7. The summed E-state index contributed by atoms with van der Waals surface area (Å²) < 4.78 is 26.7. The van der Waals surface area contributed by atoms with E-state index in [9.17, 15) is 9.59 Å². The van der Waals surface area contributed by atoms with Crippen LogP contribution in [0.15, 0.2) is 33.2 Å². The van der Waals surface area contributed by atoms with Gasteiger partial charge in [0.2, 0.25) is 5.75 Å². The third kappa shape index (κ3) is 5.13. The normalized spacial score (nSPS) is 10.1. The summed E-state index contributed by atoms with van der Waals surface area (Å²) in [6.07, 6.45) is 0. The molecule has 0 aliphatic rings. The second-order valence-electron chi connectivity index (χ2n) is 5.46. The van der Waals surface area contributed by atoms with E-state index in [1.54, 1.807) is 31.4 Å². The fraction of sp³-hybridized carbons (Fsp3) is 0.263. The molecule has 1 amide bonds. The maximum atomic E-state index is 12.6. The lowest BCUT2D eigenvalue weighted by molar-refractivity contribution is -0.119. The quantitative estimate of drug-likeness (QED) is 0.513. The van der Waals surface area contributed by atoms with Gasteiger partial charge in [0.1, 0.15) is 5.75 Å². The average molecular weight is 533 g/mol. The summed E-state index contributed by atoms with van der Waals surface area (Å²) >= 11 is 6.64. The number of hydrogen-bond donors (Lipinski definition) is 1. The number of hydrogen-bond acceptors (Lipinski definition) is 7. The van der Waals surface area contributed by atoms with Crippen molar-refractivity contribution in [1.82, 2.24) is 0 Å². The summed E-state index contributed by atoms with van der Waals surface area (Å²) in [5, 5.41) is 2.63. The second kappa shape index (κ2) is 10.4. The summed E-state index contributed by atoms with van der Waals surface area (Å²) in [6, 6.07) is 6.74. The van der Waals surface area contributed by atoms with Crippen molar-refractivity contribution in [2.24, 2.45) is 0 Å². The van der Waals surface area contributed by atoms with Crippen molar-refractivity contribution in [3.05, 3.63) is 38.8 Å². The van der Waals surface area contributed by atoms with Gasteiger partial charge in [-0.15, -0.1) is 0 Å². The van der Waals surface area contributed by atoms with E-state index in [0.717, 1.165) is 0 Å². The molecule has 2 rings (SSSR count). The van der Waals surface area contributed by atoms with E-state index in [0.29, 0.717) is 26.1 Å². The smallest absolute Gasteiger partial charge is 0.341 e. The van der Waals surface area contributed by atoms with Gasteiger partial charge in [0.25, 0.3) is 5.91 Å². The Kier molecular flexibility index (Phi) is 8.15. The zero-order valence-electron chi connectivity index (χ0n) is 16.1. The molecule has 29 heavy (non-hydrogen) atoms. The number of carbonyl (C=O) groups excluding carboxylic acids is 2. The van der Waals surface area contributed by atoms with E-state index >= 15 is 0 Å². The molecule has 0 aromatic heterocycles. The van der Waals surface area contributed by atoms with Gasteiger partial charge in [-0.25, -0.2) is 4.79 Å². The van der Waals surface area contributed by atoms with Crippen molar-refractivity contribution in [2.45, 2.75) is 0 Å². The van der Waals surface area contributed by atoms with Crippen molar-refractivity contribution in [2.75, 3.05) is 40.4 Å². The van der Waals surface area contributed by atoms with Crippen LogP contribution in [0.4, 0.5) is 5.69 Å². The molecule has 0 heterocycles. The van der Waals surface area contributed by atoms with Crippen LogP contribution in [0.5, 0.6) is 23.0 Å². The number of esters is 1. The fourth-order valence-electron chi connectivity index (χ4n) is 2.43.